The molecule has 1 heterocycles. The summed E-state index contributed by atoms with van der Waals surface area (Å²) in [5.74, 6) is 0.609. The highest BCUT2D eigenvalue weighted by Crippen LogP contribution is 2.12. The molecule has 0 aliphatic carbocycles. The predicted molar refractivity (Wildman–Crippen MR) is 97.3 cm³/mol. The van der Waals surface area contributed by atoms with E-state index in [1.165, 1.54) is 18.3 Å². The molecule has 4 N–H and O–H groups in total. The number of aromatic nitrogens is 1. The molecular weight excluding hydrogens is 364 g/mol. The lowest BCUT2D eigenvalue weighted by Gasteiger charge is -2.08. The van der Waals surface area contributed by atoms with E-state index in [4.69, 9.17) is 5.14 Å². The average molecular weight is 384 g/mol. The number of primary sulfonamides is 1. The Bertz CT molecular complexity index is 909. The molecule has 2 aromatic rings. The second kappa shape index (κ2) is 7.81. The molecule has 0 saturated heterocycles. The summed E-state index contributed by atoms with van der Waals surface area (Å²) >= 11 is 0. The quantitative estimate of drug-likeness (QED) is 0.625. The van der Waals surface area contributed by atoms with Gasteiger partial charge >= 0.3 is 0 Å². The lowest BCUT2D eigenvalue weighted by Crippen LogP contribution is -2.15. The van der Waals surface area contributed by atoms with Gasteiger partial charge in [-0.25, -0.2) is 27.0 Å². The van der Waals surface area contributed by atoms with E-state index in [1.54, 1.807) is 31.2 Å². The van der Waals surface area contributed by atoms with E-state index >= 15 is 0 Å². The molecule has 136 valence electrons. The maximum absolute atomic E-state index is 11.5. The van der Waals surface area contributed by atoms with Crippen molar-refractivity contribution in [1.82, 2.24) is 4.98 Å². The molecule has 25 heavy (non-hydrogen) atoms. The molecule has 0 spiro atoms. The Morgan fingerprint density at radius 1 is 1.04 bits per heavy atom. The van der Waals surface area contributed by atoms with Crippen molar-refractivity contribution in [3.8, 4) is 0 Å². The Hall–Kier alpha value is -2.17. The van der Waals surface area contributed by atoms with Crippen LogP contribution in [0.15, 0.2) is 47.5 Å². The van der Waals surface area contributed by atoms with Gasteiger partial charge in [-0.1, -0.05) is 12.1 Å². The summed E-state index contributed by atoms with van der Waals surface area (Å²) in [6.07, 6.45) is 2.10. The van der Waals surface area contributed by atoms with E-state index in [0.29, 0.717) is 24.5 Å². The molecule has 1 aromatic heterocycles. The third-order valence-corrected chi connectivity index (χ3v) is 5.62. The first-order chi connectivity index (χ1) is 11.7. The van der Waals surface area contributed by atoms with Gasteiger partial charge in [0.25, 0.3) is 0 Å². The van der Waals surface area contributed by atoms with Crippen LogP contribution in [0, 0.1) is 0 Å². The van der Waals surface area contributed by atoms with Gasteiger partial charge in [-0.05, 0) is 43.2 Å². The summed E-state index contributed by atoms with van der Waals surface area (Å²) in [6.45, 7) is 2.14. The van der Waals surface area contributed by atoms with Gasteiger partial charge in [0.05, 0.1) is 22.5 Å². The molecule has 10 heteroatoms. The van der Waals surface area contributed by atoms with Gasteiger partial charge in [0, 0.05) is 6.54 Å². The fraction of sp³-hybridized carbons (Fsp3) is 0.267. The second-order valence-electron chi connectivity index (χ2n) is 5.30. The molecule has 8 nitrogen and oxygen atoms in total. The molecule has 0 saturated carbocycles. The third kappa shape index (κ3) is 6.00. The first-order valence-electron chi connectivity index (χ1n) is 7.52. The highest BCUT2D eigenvalue weighted by molar-refractivity contribution is 7.92. The van der Waals surface area contributed by atoms with Crippen LogP contribution in [-0.4, -0.2) is 34.1 Å². The standard InChI is InChI=1S/C15H20N4O4S2/c1-2-24(20,21)19-13-5-8-15(18-11-13)17-10-9-12-3-6-14(7-4-12)25(16,22)23/h3-8,11,19H,2,9-10H2,1H3,(H,17,18)(H2,16,22,23). The van der Waals surface area contributed by atoms with Crippen LogP contribution in [0.3, 0.4) is 0 Å². The van der Waals surface area contributed by atoms with Gasteiger partial charge in [-0.15, -0.1) is 0 Å². The Kier molecular flexibility index (Phi) is 5.98. The SMILES string of the molecule is CCS(=O)(=O)Nc1ccc(NCCc2ccc(S(N)(=O)=O)cc2)nc1. The largest absolute Gasteiger partial charge is 0.370 e. The van der Waals surface area contributed by atoms with Crippen molar-refractivity contribution in [2.24, 2.45) is 5.14 Å². The van der Waals surface area contributed by atoms with E-state index in [1.807, 2.05) is 0 Å². The minimum absolute atomic E-state index is 0.00273. The maximum Gasteiger partial charge on any atom is 0.238 e. The summed E-state index contributed by atoms with van der Waals surface area (Å²) < 4.78 is 47.7. The lowest BCUT2D eigenvalue weighted by molar-refractivity contribution is 0.597. The summed E-state index contributed by atoms with van der Waals surface area (Å²) in [6, 6.07) is 9.66. The van der Waals surface area contributed by atoms with Crippen molar-refractivity contribution in [1.29, 1.82) is 0 Å². The van der Waals surface area contributed by atoms with Gasteiger partial charge < -0.3 is 5.32 Å². The first-order valence-corrected chi connectivity index (χ1v) is 10.7. The van der Waals surface area contributed by atoms with E-state index in [2.05, 4.69) is 15.0 Å². The number of sulfonamides is 2. The summed E-state index contributed by atoms with van der Waals surface area (Å²) in [4.78, 5) is 4.22. The molecule has 0 bridgehead atoms. The lowest BCUT2D eigenvalue weighted by atomic mass is 10.1. The van der Waals surface area contributed by atoms with Crippen molar-refractivity contribution >= 4 is 31.6 Å². The van der Waals surface area contributed by atoms with Gasteiger partial charge in [-0.2, -0.15) is 0 Å². The van der Waals surface area contributed by atoms with Crippen molar-refractivity contribution in [2.45, 2.75) is 18.2 Å². The molecule has 0 radical (unpaired) electrons. The van der Waals surface area contributed by atoms with Crippen LogP contribution < -0.4 is 15.2 Å². The fourth-order valence-electron chi connectivity index (χ4n) is 1.99. The number of nitrogens with two attached hydrogens (primary N) is 1. The Morgan fingerprint density at radius 2 is 1.72 bits per heavy atom. The predicted octanol–water partition coefficient (Wildman–Crippen LogP) is 1.15. The zero-order valence-corrected chi connectivity index (χ0v) is 15.3. The van der Waals surface area contributed by atoms with Crippen LogP contribution in [-0.2, 0) is 26.5 Å². The molecule has 2 rings (SSSR count). The Morgan fingerprint density at radius 3 is 2.24 bits per heavy atom. The highest BCUT2D eigenvalue weighted by Gasteiger charge is 2.07. The first kappa shape index (κ1) is 19.2. The summed E-state index contributed by atoms with van der Waals surface area (Å²) in [5, 5.41) is 8.16. The molecule has 0 amide bonds. The number of nitrogens with zero attached hydrogens (tertiary/aromatic N) is 1. The third-order valence-electron chi connectivity index (χ3n) is 3.39. The Balaban J connectivity index is 1.87. The fourth-order valence-corrected chi connectivity index (χ4v) is 3.13. The van der Waals surface area contributed by atoms with Gasteiger partial charge in [0.15, 0.2) is 0 Å². The smallest absolute Gasteiger partial charge is 0.238 e. The monoisotopic (exact) mass is 384 g/mol. The zero-order valence-electron chi connectivity index (χ0n) is 13.6. The van der Waals surface area contributed by atoms with Gasteiger partial charge in [-0.3, -0.25) is 4.72 Å². The average Bonchev–Trinajstić information content (AvgIpc) is 2.56. The van der Waals surface area contributed by atoms with Crippen LogP contribution >= 0.6 is 0 Å². The number of benzene rings is 1. The van der Waals surface area contributed by atoms with Crippen molar-refractivity contribution < 1.29 is 16.8 Å². The minimum Gasteiger partial charge on any atom is -0.370 e. The highest BCUT2D eigenvalue weighted by atomic mass is 32.2. The second-order valence-corrected chi connectivity index (χ2v) is 8.88. The summed E-state index contributed by atoms with van der Waals surface area (Å²) in [7, 11) is -6.99. The molecule has 0 atom stereocenters. The van der Waals surface area contributed by atoms with E-state index in [0.717, 1.165) is 5.56 Å². The Labute approximate surface area is 147 Å². The van der Waals surface area contributed by atoms with Crippen LogP contribution in [0.2, 0.25) is 0 Å². The minimum atomic E-state index is -3.68. The normalized spacial score (nSPS) is 11.9. The van der Waals surface area contributed by atoms with E-state index in [9.17, 15) is 16.8 Å². The van der Waals surface area contributed by atoms with Gasteiger partial charge in [0.2, 0.25) is 20.0 Å². The van der Waals surface area contributed by atoms with Crippen LogP contribution in [0.25, 0.3) is 0 Å². The van der Waals surface area contributed by atoms with E-state index in [-0.39, 0.29) is 10.6 Å². The molecule has 0 aliphatic rings. The van der Waals surface area contributed by atoms with Crippen molar-refractivity contribution in [3.63, 3.8) is 0 Å². The number of rotatable bonds is 8. The number of hydrogen-bond donors (Lipinski definition) is 3. The number of hydrogen-bond acceptors (Lipinski definition) is 6. The van der Waals surface area contributed by atoms with Crippen LogP contribution in [0.5, 0.6) is 0 Å². The number of anilines is 2. The van der Waals surface area contributed by atoms with Gasteiger partial charge in [0.1, 0.15) is 5.82 Å². The zero-order chi connectivity index (χ0) is 18.5. The number of pyridine rings is 1. The summed E-state index contributed by atoms with van der Waals surface area (Å²) in [5.41, 5.74) is 1.36. The topological polar surface area (TPSA) is 131 Å². The number of nitrogens with one attached hydrogen (secondary N) is 2. The van der Waals surface area contributed by atoms with Crippen molar-refractivity contribution in [3.05, 3.63) is 48.2 Å². The molecule has 1 aromatic carbocycles. The van der Waals surface area contributed by atoms with Crippen LogP contribution in [0.4, 0.5) is 11.5 Å². The molecule has 0 unspecified atom stereocenters. The van der Waals surface area contributed by atoms with E-state index < -0.39 is 20.0 Å². The molecule has 0 aliphatic heterocycles. The van der Waals surface area contributed by atoms with Crippen LogP contribution in [0.1, 0.15) is 12.5 Å². The maximum atomic E-state index is 11.5. The van der Waals surface area contributed by atoms with Crippen molar-refractivity contribution in [2.75, 3.05) is 22.3 Å². The molecular formula is C15H20N4O4S2. The molecule has 0 fully saturated rings.